The molecule has 0 bridgehead atoms. The maximum Gasteiger partial charge on any atom is -0.0294 e. The molecule has 0 amide bonds. The normalized spacial score (nSPS) is 18.1. The molecule has 0 nitrogen and oxygen atoms in total. The van der Waals surface area contributed by atoms with Gasteiger partial charge in [-0.15, -0.1) is 0 Å². The first-order chi connectivity index (χ1) is 8.35. The minimum Gasteiger partial charge on any atom is -0.0731 e. The van der Waals surface area contributed by atoms with Crippen molar-refractivity contribution >= 4 is 0 Å². The highest BCUT2D eigenvalue weighted by atomic mass is 14.2. The van der Waals surface area contributed by atoms with Crippen molar-refractivity contribution < 1.29 is 0 Å². The smallest absolute Gasteiger partial charge is 0.0294 e. The van der Waals surface area contributed by atoms with Gasteiger partial charge in [0.2, 0.25) is 0 Å². The summed E-state index contributed by atoms with van der Waals surface area (Å²) < 4.78 is 0. The van der Waals surface area contributed by atoms with Crippen molar-refractivity contribution in [3.05, 3.63) is 12.2 Å². The van der Waals surface area contributed by atoms with Crippen LogP contribution in [0.4, 0.5) is 0 Å². The van der Waals surface area contributed by atoms with Crippen LogP contribution in [0.1, 0.15) is 80.1 Å². The molecule has 0 N–H and O–H groups in total. The van der Waals surface area contributed by atoms with E-state index in [-0.39, 0.29) is 0 Å². The summed E-state index contributed by atoms with van der Waals surface area (Å²) >= 11 is 0. The van der Waals surface area contributed by atoms with Crippen LogP contribution in [0.5, 0.6) is 0 Å². The summed E-state index contributed by atoms with van der Waals surface area (Å²) in [5.41, 5.74) is 1.08. The second-order valence-corrected chi connectivity index (χ2v) is 6.97. The third kappa shape index (κ3) is 9.74. The van der Waals surface area contributed by atoms with E-state index in [9.17, 15) is 0 Å². The van der Waals surface area contributed by atoms with Crippen molar-refractivity contribution in [1.29, 1.82) is 0 Å². The predicted octanol–water partition coefficient (Wildman–Crippen LogP) is 6.27. The van der Waals surface area contributed by atoms with Crippen LogP contribution in [0.3, 0.4) is 0 Å². The van der Waals surface area contributed by atoms with Crippen LogP contribution in [0.2, 0.25) is 0 Å². The van der Waals surface area contributed by atoms with Gasteiger partial charge in [0, 0.05) is 0 Å². The van der Waals surface area contributed by atoms with Gasteiger partial charge in [-0.05, 0) is 56.3 Å². The van der Waals surface area contributed by atoms with Gasteiger partial charge in [0.05, 0.1) is 0 Å². The summed E-state index contributed by atoms with van der Waals surface area (Å²) in [4.78, 5) is 0. The minimum atomic E-state index is 0.741. The van der Waals surface area contributed by atoms with E-state index in [4.69, 9.17) is 6.58 Å². The first-order valence-corrected chi connectivity index (χ1v) is 7.92. The van der Waals surface area contributed by atoms with Gasteiger partial charge in [0.15, 0.2) is 0 Å². The van der Waals surface area contributed by atoms with E-state index in [0.717, 1.165) is 35.7 Å². The van der Waals surface area contributed by atoms with Crippen molar-refractivity contribution in [2.24, 2.45) is 23.7 Å². The molecule has 0 saturated carbocycles. The van der Waals surface area contributed by atoms with E-state index in [1.165, 1.54) is 32.1 Å². The van der Waals surface area contributed by atoms with E-state index >= 15 is 0 Å². The first kappa shape index (κ1) is 17.7. The zero-order valence-corrected chi connectivity index (χ0v) is 13.6. The van der Waals surface area contributed by atoms with E-state index in [0.29, 0.717) is 0 Å². The summed E-state index contributed by atoms with van der Waals surface area (Å²) in [6.45, 7) is 19.7. The van der Waals surface area contributed by atoms with Crippen LogP contribution in [0.15, 0.2) is 5.57 Å². The van der Waals surface area contributed by atoms with Gasteiger partial charge in [-0.1, -0.05) is 59.6 Å². The molecule has 0 aromatic heterocycles. The molecule has 4 unspecified atom stereocenters. The second-order valence-electron chi connectivity index (χ2n) is 6.97. The summed E-state index contributed by atoms with van der Waals surface area (Å²) in [7, 11) is 0. The molecule has 0 aromatic rings. The summed E-state index contributed by atoms with van der Waals surface area (Å²) in [6, 6.07) is 0. The monoisotopic (exact) mass is 251 g/mol. The SMILES string of the molecule is [CH]=C(C)CC(C)CC(C)CC(C)CC(C)CCC. The fourth-order valence-electron chi connectivity index (χ4n) is 3.50. The highest BCUT2D eigenvalue weighted by Gasteiger charge is 2.14. The number of rotatable bonds is 10. The molecule has 0 aromatic carbocycles. The van der Waals surface area contributed by atoms with Gasteiger partial charge >= 0.3 is 0 Å². The second kappa shape index (κ2) is 9.64. The number of hydrogen-bond donors (Lipinski definition) is 0. The largest absolute Gasteiger partial charge is 0.0731 e. The molecule has 0 rings (SSSR count). The van der Waals surface area contributed by atoms with Crippen LogP contribution >= 0.6 is 0 Å². The minimum absolute atomic E-state index is 0.741. The van der Waals surface area contributed by atoms with E-state index in [1.54, 1.807) is 0 Å². The molecular weight excluding hydrogens is 216 g/mol. The van der Waals surface area contributed by atoms with Gasteiger partial charge in [-0.3, -0.25) is 0 Å². The Morgan fingerprint density at radius 2 is 1.28 bits per heavy atom. The van der Waals surface area contributed by atoms with Gasteiger partial charge in [-0.25, -0.2) is 0 Å². The molecule has 1 radical (unpaired) electrons. The highest BCUT2D eigenvalue weighted by Crippen LogP contribution is 2.27. The van der Waals surface area contributed by atoms with Crippen LogP contribution < -0.4 is 0 Å². The van der Waals surface area contributed by atoms with Crippen molar-refractivity contribution in [3.8, 4) is 0 Å². The van der Waals surface area contributed by atoms with E-state index in [2.05, 4.69) is 34.6 Å². The molecule has 0 fully saturated rings. The van der Waals surface area contributed by atoms with E-state index < -0.39 is 0 Å². The van der Waals surface area contributed by atoms with Crippen LogP contribution in [-0.4, -0.2) is 0 Å². The van der Waals surface area contributed by atoms with E-state index in [1.807, 2.05) is 6.92 Å². The standard InChI is InChI=1S/C18H35/c1-8-9-15(4)11-17(6)13-18(7)12-16(5)10-14(2)3/h2,15-18H,8-13H2,1,3-7H3. The molecule has 0 heterocycles. The zero-order valence-electron chi connectivity index (χ0n) is 13.6. The molecule has 18 heavy (non-hydrogen) atoms. The number of hydrogen-bond acceptors (Lipinski definition) is 0. The quantitative estimate of drug-likeness (QED) is 0.429. The van der Waals surface area contributed by atoms with Crippen molar-refractivity contribution in [2.75, 3.05) is 0 Å². The lowest BCUT2D eigenvalue weighted by atomic mass is 9.83. The Balaban J connectivity index is 3.85. The molecule has 107 valence electrons. The molecule has 0 aliphatic rings. The summed E-state index contributed by atoms with van der Waals surface area (Å²) in [5, 5.41) is 0. The Morgan fingerprint density at radius 3 is 1.72 bits per heavy atom. The van der Waals surface area contributed by atoms with Crippen LogP contribution in [0.25, 0.3) is 0 Å². The lowest BCUT2D eigenvalue weighted by Gasteiger charge is -2.22. The van der Waals surface area contributed by atoms with Gasteiger partial charge in [-0.2, -0.15) is 0 Å². The molecule has 0 spiro atoms. The maximum absolute atomic E-state index is 5.79. The Labute approximate surface area is 116 Å². The Bertz CT molecular complexity index is 216. The fourth-order valence-corrected chi connectivity index (χ4v) is 3.50. The van der Waals surface area contributed by atoms with Crippen molar-refractivity contribution in [1.82, 2.24) is 0 Å². The van der Waals surface area contributed by atoms with Crippen molar-refractivity contribution in [3.63, 3.8) is 0 Å². The number of allylic oxidation sites excluding steroid dienone is 1. The van der Waals surface area contributed by atoms with Gasteiger partial charge in [0.1, 0.15) is 0 Å². The topological polar surface area (TPSA) is 0 Å². The molecule has 0 heteroatoms. The Morgan fingerprint density at radius 1 is 0.833 bits per heavy atom. The Kier molecular flexibility index (Phi) is 9.50. The lowest BCUT2D eigenvalue weighted by Crippen LogP contribution is -2.10. The first-order valence-electron chi connectivity index (χ1n) is 7.92. The average molecular weight is 251 g/mol. The lowest BCUT2D eigenvalue weighted by molar-refractivity contribution is 0.300. The third-order valence-corrected chi connectivity index (χ3v) is 3.87. The summed E-state index contributed by atoms with van der Waals surface area (Å²) in [6.07, 6.45) is 7.89. The fraction of sp³-hybridized carbons (Fsp3) is 0.889. The Hall–Kier alpha value is -0.260. The third-order valence-electron chi connectivity index (χ3n) is 3.87. The van der Waals surface area contributed by atoms with Gasteiger partial charge in [0.25, 0.3) is 0 Å². The average Bonchev–Trinajstić information content (AvgIpc) is 2.14. The predicted molar refractivity (Wildman–Crippen MR) is 83.5 cm³/mol. The maximum atomic E-state index is 5.79. The highest BCUT2D eigenvalue weighted by molar-refractivity contribution is 4.86. The summed E-state index contributed by atoms with van der Waals surface area (Å²) in [5.74, 6) is 3.35. The molecule has 0 saturated heterocycles. The van der Waals surface area contributed by atoms with Gasteiger partial charge < -0.3 is 0 Å². The molecule has 0 aliphatic heterocycles. The molecule has 0 aliphatic carbocycles. The molecule has 4 atom stereocenters. The molecular formula is C18H35. The van der Waals surface area contributed by atoms with Crippen molar-refractivity contribution in [2.45, 2.75) is 80.1 Å². The van der Waals surface area contributed by atoms with Crippen LogP contribution in [-0.2, 0) is 0 Å². The zero-order chi connectivity index (χ0) is 14.1. The van der Waals surface area contributed by atoms with Crippen LogP contribution in [0, 0.1) is 30.3 Å².